The molecule has 4 rings (SSSR count). The third-order valence-corrected chi connectivity index (χ3v) is 5.54. The summed E-state index contributed by atoms with van der Waals surface area (Å²) in [5.41, 5.74) is 4.52. The van der Waals surface area contributed by atoms with Crippen LogP contribution >= 0.6 is 0 Å². The lowest BCUT2D eigenvalue weighted by Crippen LogP contribution is -2.36. The van der Waals surface area contributed by atoms with E-state index in [2.05, 4.69) is 22.4 Å². The van der Waals surface area contributed by atoms with Crippen LogP contribution < -0.4 is 5.32 Å². The summed E-state index contributed by atoms with van der Waals surface area (Å²) in [4.78, 5) is 41.3. The summed E-state index contributed by atoms with van der Waals surface area (Å²) in [6, 6.07) is 20.7. The van der Waals surface area contributed by atoms with Crippen LogP contribution in [-0.4, -0.2) is 52.7 Å². The number of carboxylic acid groups (broad SMARTS) is 1. The summed E-state index contributed by atoms with van der Waals surface area (Å²) in [5.74, 6) is -1.57. The van der Waals surface area contributed by atoms with Gasteiger partial charge in [-0.15, -0.1) is 0 Å². The molecule has 8 heteroatoms. The number of ether oxygens (including phenoxy) is 1. The van der Waals surface area contributed by atoms with Crippen molar-refractivity contribution >= 4 is 23.8 Å². The number of pyridine rings is 1. The van der Waals surface area contributed by atoms with Crippen molar-refractivity contribution in [3.05, 3.63) is 83.6 Å². The molecule has 2 N–H and O–H groups in total. The summed E-state index contributed by atoms with van der Waals surface area (Å²) < 4.78 is 5.50. The van der Waals surface area contributed by atoms with E-state index in [1.165, 1.54) is 12.1 Å². The minimum Gasteiger partial charge on any atom is -0.480 e. The molecule has 2 amide bonds. The van der Waals surface area contributed by atoms with Gasteiger partial charge in [0.2, 0.25) is 0 Å². The zero-order chi connectivity index (χ0) is 23.4. The molecule has 8 nitrogen and oxygen atoms in total. The maximum Gasteiger partial charge on any atom is 0.412 e. The largest absolute Gasteiger partial charge is 0.480 e. The second-order valence-corrected chi connectivity index (χ2v) is 7.57. The number of benzene rings is 2. The average Bonchev–Trinajstić information content (AvgIpc) is 3.14. The molecule has 0 fully saturated rings. The number of hydrogen-bond acceptors (Lipinski definition) is 5. The molecule has 0 saturated heterocycles. The highest BCUT2D eigenvalue weighted by Gasteiger charge is 2.29. The molecule has 0 atom stereocenters. The van der Waals surface area contributed by atoms with E-state index >= 15 is 0 Å². The van der Waals surface area contributed by atoms with Gasteiger partial charge >= 0.3 is 12.1 Å². The van der Waals surface area contributed by atoms with Crippen molar-refractivity contribution in [3.8, 4) is 11.1 Å². The molecule has 0 aliphatic heterocycles. The highest BCUT2D eigenvalue weighted by molar-refractivity contribution is 5.95. The third-order valence-electron chi connectivity index (χ3n) is 5.54. The molecule has 0 unspecified atom stereocenters. The second-order valence-electron chi connectivity index (χ2n) is 7.57. The first kappa shape index (κ1) is 22.0. The molecule has 0 saturated carbocycles. The van der Waals surface area contributed by atoms with Crippen LogP contribution in [-0.2, 0) is 9.53 Å². The van der Waals surface area contributed by atoms with Crippen molar-refractivity contribution in [2.45, 2.75) is 12.8 Å². The van der Waals surface area contributed by atoms with Gasteiger partial charge in [0, 0.05) is 12.5 Å². The number of carbonyl (C=O) groups excluding carboxylic acids is 2. The monoisotopic (exact) mass is 445 g/mol. The maximum absolute atomic E-state index is 12.5. The maximum atomic E-state index is 12.5. The van der Waals surface area contributed by atoms with E-state index in [0.29, 0.717) is 0 Å². The Balaban J connectivity index is 1.43. The van der Waals surface area contributed by atoms with E-state index in [1.54, 1.807) is 13.0 Å². The molecule has 1 aliphatic rings. The van der Waals surface area contributed by atoms with Crippen molar-refractivity contribution in [2.75, 3.05) is 25.0 Å². The zero-order valence-corrected chi connectivity index (χ0v) is 18.0. The number of aromatic nitrogens is 1. The van der Waals surface area contributed by atoms with Crippen molar-refractivity contribution < 1.29 is 24.2 Å². The standard InChI is InChI=1S/C25H23N3O5/c1-2-28(14-23(29)30)24(31)21-12-7-13-22(26-21)27-25(32)33-15-20-18-10-5-3-8-16(18)17-9-4-6-11-19(17)20/h3-13,20H,2,14-15H2,1H3,(H,29,30)(H,26,27,32). The number of carbonyl (C=O) groups is 3. The number of aliphatic carboxylic acids is 1. The number of amides is 2. The normalized spacial score (nSPS) is 11.9. The number of carboxylic acids is 1. The van der Waals surface area contributed by atoms with Gasteiger partial charge in [-0.25, -0.2) is 9.78 Å². The van der Waals surface area contributed by atoms with Crippen LogP contribution in [0.15, 0.2) is 66.7 Å². The van der Waals surface area contributed by atoms with E-state index in [-0.39, 0.29) is 30.6 Å². The lowest BCUT2D eigenvalue weighted by molar-refractivity contribution is -0.137. The van der Waals surface area contributed by atoms with Gasteiger partial charge in [-0.1, -0.05) is 54.6 Å². The van der Waals surface area contributed by atoms with Crippen LogP contribution in [0.2, 0.25) is 0 Å². The van der Waals surface area contributed by atoms with E-state index in [9.17, 15) is 14.4 Å². The summed E-state index contributed by atoms with van der Waals surface area (Å²) in [6.07, 6.45) is -0.688. The van der Waals surface area contributed by atoms with Crippen LogP contribution in [0.1, 0.15) is 34.5 Å². The molecule has 0 radical (unpaired) electrons. The van der Waals surface area contributed by atoms with E-state index in [4.69, 9.17) is 9.84 Å². The van der Waals surface area contributed by atoms with Gasteiger partial charge < -0.3 is 14.7 Å². The Morgan fingerprint density at radius 2 is 1.61 bits per heavy atom. The van der Waals surface area contributed by atoms with Gasteiger partial charge in [0.15, 0.2) is 0 Å². The topological polar surface area (TPSA) is 109 Å². The highest BCUT2D eigenvalue weighted by Crippen LogP contribution is 2.44. The van der Waals surface area contributed by atoms with E-state index in [0.717, 1.165) is 27.2 Å². The minimum absolute atomic E-state index is 0.0366. The quantitative estimate of drug-likeness (QED) is 0.569. The van der Waals surface area contributed by atoms with Gasteiger partial charge in [-0.3, -0.25) is 14.9 Å². The van der Waals surface area contributed by atoms with Gasteiger partial charge in [-0.05, 0) is 41.3 Å². The number of likely N-dealkylation sites (N-methyl/N-ethyl adjacent to an activating group) is 1. The highest BCUT2D eigenvalue weighted by atomic mass is 16.5. The van der Waals surface area contributed by atoms with Crippen LogP contribution in [0.4, 0.5) is 10.6 Å². The smallest absolute Gasteiger partial charge is 0.412 e. The van der Waals surface area contributed by atoms with E-state index in [1.807, 2.05) is 36.4 Å². The molecule has 0 spiro atoms. The molecular weight excluding hydrogens is 422 g/mol. The summed E-state index contributed by atoms with van der Waals surface area (Å²) >= 11 is 0. The molecule has 1 aliphatic carbocycles. The predicted octanol–water partition coefficient (Wildman–Crippen LogP) is 3.99. The Labute approximate surface area is 190 Å². The van der Waals surface area contributed by atoms with Crippen LogP contribution in [0.5, 0.6) is 0 Å². The van der Waals surface area contributed by atoms with Crippen LogP contribution in [0.3, 0.4) is 0 Å². The number of rotatable bonds is 7. The molecule has 168 valence electrons. The van der Waals surface area contributed by atoms with Gasteiger partial charge in [0.1, 0.15) is 24.7 Å². The molecule has 2 aromatic carbocycles. The Morgan fingerprint density at radius 1 is 0.970 bits per heavy atom. The molecule has 3 aromatic rings. The first-order valence-corrected chi connectivity index (χ1v) is 10.6. The Hall–Kier alpha value is -4.20. The summed E-state index contributed by atoms with van der Waals surface area (Å²) in [6.45, 7) is 1.62. The lowest BCUT2D eigenvalue weighted by Gasteiger charge is -2.18. The van der Waals surface area contributed by atoms with Crippen LogP contribution in [0.25, 0.3) is 11.1 Å². The van der Waals surface area contributed by atoms with Crippen molar-refractivity contribution in [1.82, 2.24) is 9.88 Å². The van der Waals surface area contributed by atoms with Crippen molar-refractivity contribution in [2.24, 2.45) is 0 Å². The molecular formula is C25H23N3O5. The fourth-order valence-corrected chi connectivity index (χ4v) is 4.01. The van der Waals surface area contributed by atoms with Gasteiger partial charge in [-0.2, -0.15) is 0 Å². The number of anilines is 1. The SMILES string of the molecule is CCN(CC(=O)O)C(=O)c1cccc(NC(=O)OCC2c3ccccc3-c3ccccc32)n1. The van der Waals surface area contributed by atoms with Crippen molar-refractivity contribution in [3.63, 3.8) is 0 Å². The number of nitrogens with zero attached hydrogens (tertiary/aromatic N) is 2. The minimum atomic E-state index is -1.11. The van der Waals surface area contributed by atoms with Crippen LogP contribution in [0, 0.1) is 0 Å². The molecule has 1 aromatic heterocycles. The summed E-state index contributed by atoms with van der Waals surface area (Å²) in [7, 11) is 0. The fourth-order valence-electron chi connectivity index (χ4n) is 4.01. The third kappa shape index (κ3) is 4.69. The summed E-state index contributed by atoms with van der Waals surface area (Å²) in [5, 5.41) is 11.5. The lowest BCUT2D eigenvalue weighted by atomic mass is 9.98. The Bertz CT molecular complexity index is 1160. The predicted molar refractivity (Wildman–Crippen MR) is 122 cm³/mol. The Kier molecular flexibility index (Phi) is 6.35. The number of hydrogen-bond donors (Lipinski definition) is 2. The average molecular weight is 445 g/mol. The van der Waals surface area contributed by atoms with Gasteiger partial charge in [0.25, 0.3) is 5.91 Å². The van der Waals surface area contributed by atoms with E-state index < -0.39 is 24.5 Å². The van der Waals surface area contributed by atoms with Crippen molar-refractivity contribution in [1.29, 1.82) is 0 Å². The van der Waals surface area contributed by atoms with Gasteiger partial charge in [0.05, 0.1) is 0 Å². The first-order valence-electron chi connectivity index (χ1n) is 10.6. The molecule has 33 heavy (non-hydrogen) atoms. The Morgan fingerprint density at radius 3 is 2.21 bits per heavy atom. The zero-order valence-electron chi connectivity index (χ0n) is 18.0. The number of fused-ring (bicyclic) bond motifs is 3. The molecule has 1 heterocycles. The second kappa shape index (κ2) is 9.52. The first-order chi connectivity index (χ1) is 16.0. The number of nitrogens with one attached hydrogen (secondary N) is 1. The molecule has 0 bridgehead atoms. The fraction of sp³-hybridized carbons (Fsp3) is 0.200.